The van der Waals surface area contributed by atoms with E-state index in [0.29, 0.717) is 38.3 Å². The molecule has 9 nitrogen and oxygen atoms in total. The summed E-state index contributed by atoms with van der Waals surface area (Å²) in [5.41, 5.74) is 0.906. The molecule has 1 atom stereocenters. The van der Waals surface area contributed by atoms with Crippen molar-refractivity contribution in [3.8, 4) is 0 Å². The van der Waals surface area contributed by atoms with Crippen LogP contribution < -0.4 is 5.32 Å². The first-order valence-corrected chi connectivity index (χ1v) is 10.00. The number of rotatable bonds is 4. The number of aryl methyl sites for hydroxylation is 1. The number of sulfone groups is 1. The summed E-state index contributed by atoms with van der Waals surface area (Å²) in [5, 5.41) is 3.03. The zero-order valence-corrected chi connectivity index (χ0v) is 14.8. The second-order valence-corrected chi connectivity index (χ2v) is 8.62. The van der Waals surface area contributed by atoms with Gasteiger partial charge in [-0.25, -0.2) is 18.4 Å². The van der Waals surface area contributed by atoms with Crippen LogP contribution in [0.15, 0.2) is 6.07 Å². The molecular formula is C15H21N5O4S. The van der Waals surface area contributed by atoms with E-state index < -0.39 is 9.84 Å². The zero-order chi connectivity index (χ0) is 18.0. The minimum atomic E-state index is -3.00. The van der Waals surface area contributed by atoms with Gasteiger partial charge < -0.3 is 15.1 Å². The zero-order valence-electron chi connectivity index (χ0n) is 14.0. The Kier molecular flexibility index (Phi) is 4.89. The van der Waals surface area contributed by atoms with Crippen molar-refractivity contribution in [2.24, 2.45) is 0 Å². The highest BCUT2D eigenvalue weighted by Crippen LogP contribution is 2.16. The van der Waals surface area contributed by atoms with Gasteiger partial charge in [-0.1, -0.05) is 0 Å². The second kappa shape index (κ2) is 6.95. The topological polar surface area (TPSA) is 113 Å². The normalized spacial score (nSPS) is 22.7. The average molecular weight is 367 g/mol. The molecule has 2 saturated heterocycles. The Hall–Kier alpha value is -2.23. The Morgan fingerprint density at radius 3 is 2.60 bits per heavy atom. The Morgan fingerprint density at radius 2 is 2.00 bits per heavy atom. The average Bonchev–Trinajstić information content (AvgIpc) is 2.92. The van der Waals surface area contributed by atoms with Crippen LogP contribution in [0.2, 0.25) is 0 Å². The predicted molar refractivity (Wildman–Crippen MR) is 91.0 cm³/mol. The summed E-state index contributed by atoms with van der Waals surface area (Å²) in [4.78, 5) is 35.2. The van der Waals surface area contributed by atoms with E-state index in [2.05, 4.69) is 15.3 Å². The number of hydrogen-bond acceptors (Lipinski definition) is 7. The van der Waals surface area contributed by atoms with Gasteiger partial charge in [-0.2, -0.15) is 0 Å². The van der Waals surface area contributed by atoms with E-state index in [9.17, 15) is 18.0 Å². The number of nitrogens with zero attached hydrogens (tertiary/aromatic N) is 4. The van der Waals surface area contributed by atoms with Gasteiger partial charge in [0.25, 0.3) is 5.91 Å². The van der Waals surface area contributed by atoms with Crippen LogP contribution in [0.1, 0.15) is 22.6 Å². The Labute approximate surface area is 146 Å². The van der Waals surface area contributed by atoms with Crippen LogP contribution in [-0.2, 0) is 14.6 Å². The lowest BCUT2D eigenvalue weighted by Crippen LogP contribution is -2.48. The van der Waals surface area contributed by atoms with Gasteiger partial charge in [0.15, 0.2) is 9.84 Å². The van der Waals surface area contributed by atoms with Gasteiger partial charge in [0.05, 0.1) is 11.5 Å². The molecular weight excluding hydrogens is 346 g/mol. The lowest BCUT2D eigenvalue weighted by molar-refractivity contribution is -0.119. The number of piperazine rings is 1. The van der Waals surface area contributed by atoms with Crippen molar-refractivity contribution in [1.29, 1.82) is 0 Å². The summed E-state index contributed by atoms with van der Waals surface area (Å²) in [6.07, 6.45) is 1.30. The Morgan fingerprint density at radius 1 is 1.28 bits per heavy atom. The number of carbonyl (C=O) groups excluding carboxylic acids is 2. The molecule has 0 bridgehead atoms. The van der Waals surface area contributed by atoms with Crippen LogP contribution in [-0.4, -0.2) is 84.2 Å². The monoisotopic (exact) mass is 367 g/mol. The fraction of sp³-hybridized carbons (Fsp3) is 0.600. The molecule has 0 saturated carbocycles. The summed E-state index contributed by atoms with van der Waals surface area (Å²) in [7, 11) is -3.00. The first kappa shape index (κ1) is 17.6. The molecule has 136 valence electrons. The van der Waals surface area contributed by atoms with E-state index in [4.69, 9.17) is 0 Å². The van der Waals surface area contributed by atoms with E-state index in [1.165, 1.54) is 0 Å². The molecule has 10 heteroatoms. The molecule has 3 heterocycles. The number of aromatic nitrogens is 2. The van der Waals surface area contributed by atoms with Gasteiger partial charge in [-0.3, -0.25) is 9.59 Å². The van der Waals surface area contributed by atoms with Crippen molar-refractivity contribution >= 4 is 28.1 Å². The van der Waals surface area contributed by atoms with Crippen LogP contribution >= 0.6 is 0 Å². The first-order chi connectivity index (χ1) is 11.9. The van der Waals surface area contributed by atoms with Gasteiger partial charge in [0.1, 0.15) is 5.69 Å². The van der Waals surface area contributed by atoms with Crippen molar-refractivity contribution in [3.05, 3.63) is 17.5 Å². The highest BCUT2D eigenvalue weighted by Gasteiger charge is 2.29. The third-order valence-electron chi connectivity index (χ3n) is 4.39. The molecule has 0 aliphatic carbocycles. The molecule has 1 N–H and O–H groups in total. The van der Waals surface area contributed by atoms with Crippen molar-refractivity contribution < 1.29 is 18.0 Å². The molecule has 0 aromatic carbocycles. The molecule has 25 heavy (non-hydrogen) atoms. The van der Waals surface area contributed by atoms with E-state index in [1.807, 2.05) is 0 Å². The van der Waals surface area contributed by atoms with Gasteiger partial charge in [-0.15, -0.1) is 0 Å². The quantitative estimate of drug-likeness (QED) is 0.700. The summed E-state index contributed by atoms with van der Waals surface area (Å²) < 4.78 is 23.1. The second-order valence-electron chi connectivity index (χ2n) is 6.40. The van der Waals surface area contributed by atoms with Gasteiger partial charge in [0, 0.05) is 37.9 Å². The summed E-state index contributed by atoms with van der Waals surface area (Å²) in [6.45, 7) is 3.70. The maximum Gasteiger partial charge on any atom is 0.272 e. The fourth-order valence-corrected chi connectivity index (χ4v) is 4.70. The summed E-state index contributed by atoms with van der Waals surface area (Å²) >= 11 is 0. The van der Waals surface area contributed by atoms with E-state index in [0.717, 1.165) is 6.41 Å². The molecule has 2 aliphatic rings. The first-order valence-electron chi connectivity index (χ1n) is 8.17. The molecule has 1 aromatic rings. The minimum absolute atomic E-state index is 0.0568. The van der Waals surface area contributed by atoms with Crippen LogP contribution in [0.5, 0.6) is 0 Å². The highest BCUT2D eigenvalue weighted by molar-refractivity contribution is 7.91. The fourth-order valence-electron chi connectivity index (χ4n) is 3.03. The molecule has 1 aromatic heterocycles. The van der Waals surface area contributed by atoms with Crippen molar-refractivity contribution in [2.45, 2.75) is 19.4 Å². The van der Waals surface area contributed by atoms with E-state index in [1.54, 1.807) is 22.8 Å². The van der Waals surface area contributed by atoms with E-state index >= 15 is 0 Å². The molecule has 2 aliphatic heterocycles. The molecule has 1 unspecified atom stereocenters. The Bertz CT molecular complexity index is 774. The van der Waals surface area contributed by atoms with Crippen LogP contribution in [0, 0.1) is 6.92 Å². The number of amides is 2. The standard InChI is InChI=1S/C15H21N5O4S/c1-11-8-13(14(22)20-5-3-19(10-21)4-6-20)18-15(16-11)17-12-2-7-25(23,24)9-12/h8,10,12H,2-7,9H2,1H3,(H,16,17,18). The van der Waals surface area contributed by atoms with Gasteiger partial charge >= 0.3 is 0 Å². The largest absolute Gasteiger partial charge is 0.350 e. The maximum absolute atomic E-state index is 12.6. The molecule has 0 radical (unpaired) electrons. The van der Waals surface area contributed by atoms with Crippen LogP contribution in [0.25, 0.3) is 0 Å². The minimum Gasteiger partial charge on any atom is -0.350 e. The van der Waals surface area contributed by atoms with Crippen LogP contribution in [0.3, 0.4) is 0 Å². The van der Waals surface area contributed by atoms with E-state index in [-0.39, 0.29) is 35.1 Å². The summed E-state index contributed by atoms with van der Waals surface area (Å²) in [5.74, 6) is 0.278. The molecule has 0 spiro atoms. The third-order valence-corrected chi connectivity index (χ3v) is 6.16. The number of carbonyl (C=O) groups is 2. The van der Waals surface area contributed by atoms with Crippen LogP contribution in [0.4, 0.5) is 5.95 Å². The molecule has 3 rings (SSSR count). The lowest BCUT2D eigenvalue weighted by Gasteiger charge is -2.32. The van der Waals surface area contributed by atoms with Crippen molar-refractivity contribution in [3.63, 3.8) is 0 Å². The lowest BCUT2D eigenvalue weighted by atomic mass is 10.2. The maximum atomic E-state index is 12.6. The van der Waals surface area contributed by atoms with Gasteiger partial charge in [-0.05, 0) is 19.4 Å². The highest BCUT2D eigenvalue weighted by atomic mass is 32.2. The van der Waals surface area contributed by atoms with Crippen molar-refractivity contribution in [1.82, 2.24) is 19.8 Å². The summed E-state index contributed by atoms with van der Waals surface area (Å²) in [6, 6.07) is 1.39. The predicted octanol–water partition coefficient (Wildman–Crippen LogP) is -0.702. The Balaban J connectivity index is 1.71. The molecule has 2 fully saturated rings. The number of hydrogen-bond donors (Lipinski definition) is 1. The number of anilines is 1. The third kappa shape index (κ3) is 4.25. The molecule has 2 amide bonds. The van der Waals surface area contributed by atoms with Crippen molar-refractivity contribution in [2.75, 3.05) is 43.0 Å². The van der Waals surface area contributed by atoms with Gasteiger partial charge in [0.2, 0.25) is 12.4 Å². The number of nitrogens with one attached hydrogen (secondary N) is 1. The SMILES string of the molecule is Cc1cc(C(=O)N2CCN(C=O)CC2)nc(NC2CCS(=O)(=O)C2)n1. The smallest absolute Gasteiger partial charge is 0.272 e.